The van der Waals surface area contributed by atoms with Crippen molar-refractivity contribution in [3.63, 3.8) is 0 Å². The Morgan fingerprint density at radius 2 is 1.48 bits per heavy atom. The number of hydrogen-bond donors (Lipinski definition) is 2. The van der Waals surface area contributed by atoms with Crippen LogP contribution in [-0.4, -0.2) is 26.0 Å². The number of amides is 2. The molecule has 0 saturated heterocycles. The molecule has 6 nitrogen and oxygen atoms in total. The third-order valence-corrected chi connectivity index (χ3v) is 3.54. The average molecular weight is 342 g/mol. The molecule has 25 heavy (non-hydrogen) atoms. The number of benzene rings is 2. The van der Waals surface area contributed by atoms with Crippen molar-refractivity contribution in [2.24, 2.45) is 0 Å². The molecule has 2 rings (SSSR count). The van der Waals surface area contributed by atoms with Crippen molar-refractivity contribution in [3.05, 3.63) is 48.0 Å². The van der Waals surface area contributed by atoms with E-state index in [1.165, 1.54) is 14.2 Å². The molecule has 0 spiro atoms. The Hall–Kier alpha value is -3.02. The number of methoxy groups -OCH3 is 2. The zero-order valence-electron chi connectivity index (χ0n) is 14.6. The molecule has 2 aromatic carbocycles. The van der Waals surface area contributed by atoms with Gasteiger partial charge in [0.1, 0.15) is 11.5 Å². The van der Waals surface area contributed by atoms with Gasteiger partial charge in [0, 0.05) is 18.1 Å². The summed E-state index contributed by atoms with van der Waals surface area (Å²) in [5.41, 5.74) is 1.48. The van der Waals surface area contributed by atoms with Crippen molar-refractivity contribution in [2.45, 2.75) is 19.8 Å². The smallest absolute Gasteiger partial charge is 0.255 e. The third-order valence-electron chi connectivity index (χ3n) is 3.54. The molecule has 0 heterocycles. The van der Waals surface area contributed by atoms with E-state index in [1.54, 1.807) is 42.5 Å². The molecule has 132 valence electrons. The minimum Gasteiger partial charge on any atom is -0.497 e. The van der Waals surface area contributed by atoms with Gasteiger partial charge in [0.2, 0.25) is 5.91 Å². The molecule has 0 radical (unpaired) electrons. The number of rotatable bonds is 7. The van der Waals surface area contributed by atoms with Crippen LogP contribution in [0.5, 0.6) is 11.5 Å². The first-order chi connectivity index (χ1) is 12.1. The first kappa shape index (κ1) is 18.3. The summed E-state index contributed by atoms with van der Waals surface area (Å²) >= 11 is 0. The van der Waals surface area contributed by atoms with Crippen LogP contribution in [0, 0.1) is 0 Å². The molecule has 0 aliphatic carbocycles. The van der Waals surface area contributed by atoms with Crippen molar-refractivity contribution < 1.29 is 19.1 Å². The Labute approximate surface area is 147 Å². The van der Waals surface area contributed by atoms with Crippen LogP contribution >= 0.6 is 0 Å². The van der Waals surface area contributed by atoms with Gasteiger partial charge in [-0.15, -0.1) is 0 Å². The van der Waals surface area contributed by atoms with E-state index in [1.807, 2.05) is 6.92 Å². The summed E-state index contributed by atoms with van der Waals surface area (Å²) in [5.74, 6) is 0.629. The van der Waals surface area contributed by atoms with Gasteiger partial charge >= 0.3 is 0 Å². The quantitative estimate of drug-likeness (QED) is 0.804. The summed E-state index contributed by atoms with van der Waals surface area (Å²) in [4.78, 5) is 24.4. The maximum atomic E-state index is 12.6. The van der Waals surface area contributed by atoms with Crippen LogP contribution in [-0.2, 0) is 4.79 Å². The van der Waals surface area contributed by atoms with Gasteiger partial charge in [-0.05, 0) is 30.7 Å². The van der Waals surface area contributed by atoms with E-state index >= 15 is 0 Å². The van der Waals surface area contributed by atoms with Gasteiger partial charge in [-0.25, -0.2) is 0 Å². The predicted molar refractivity (Wildman–Crippen MR) is 97.5 cm³/mol. The molecule has 2 aromatic rings. The molecule has 0 atom stereocenters. The van der Waals surface area contributed by atoms with Crippen LogP contribution in [0.25, 0.3) is 0 Å². The highest BCUT2D eigenvalue weighted by Crippen LogP contribution is 2.25. The van der Waals surface area contributed by atoms with Crippen LogP contribution in [0.4, 0.5) is 11.4 Å². The molecule has 0 saturated carbocycles. The molecule has 0 aliphatic rings. The van der Waals surface area contributed by atoms with Gasteiger partial charge in [0.15, 0.2) is 0 Å². The number of carbonyl (C=O) groups is 2. The van der Waals surface area contributed by atoms with Gasteiger partial charge in [-0.2, -0.15) is 0 Å². The summed E-state index contributed by atoms with van der Waals surface area (Å²) < 4.78 is 10.4. The minimum atomic E-state index is -0.325. The highest BCUT2D eigenvalue weighted by molar-refractivity contribution is 6.07. The first-order valence-electron chi connectivity index (χ1n) is 8.00. The van der Waals surface area contributed by atoms with Crippen molar-refractivity contribution in [1.82, 2.24) is 0 Å². The number of para-hydroxylation sites is 2. The van der Waals surface area contributed by atoms with Crippen molar-refractivity contribution in [3.8, 4) is 11.5 Å². The molecular formula is C19H22N2O4. The normalized spacial score (nSPS) is 10.0. The number of anilines is 2. The largest absolute Gasteiger partial charge is 0.497 e. The molecule has 0 aliphatic heterocycles. The zero-order valence-corrected chi connectivity index (χ0v) is 14.6. The second kappa shape index (κ2) is 8.73. The molecule has 0 unspecified atom stereocenters. The van der Waals surface area contributed by atoms with Crippen molar-refractivity contribution >= 4 is 23.2 Å². The Kier molecular flexibility index (Phi) is 6.39. The molecule has 0 aromatic heterocycles. The van der Waals surface area contributed by atoms with Gasteiger partial charge in [0.05, 0.1) is 25.6 Å². The summed E-state index contributed by atoms with van der Waals surface area (Å²) in [6.07, 6.45) is 1.18. The lowest BCUT2D eigenvalue weighted by Crippen LogP contribution is -2.16. The number of hydrogen-bond acceptors (Lipinski definition) is 4. The van der Waals surface area contributed by atoms with E-state index in [4.69, 9.17) is 9.47 Å². The van der Waals surface area contributed by atoms with Crippen LogP contribution in [0.3, 0.4) is 0 Å². The molecule has 2 amide bonds. The van der Waals surface area contributed by atoms with E-state index in [2.05, 4.69) is 10.6 Å². The van der Waals surface area contributed by atoms with Gasteiger partial charge in [-0.1, -0.05) is 19.1 Å². The second-order valence-electron chi connectivity index (χ2n) is 5.40. The topological polar surface area (TPSA) is 76.7 Å². The average Bonchev–Trinajstić information content (AvgIpc) is 2.63. The molecular weight excluding hydrogens is 320 g/mol. The monoisotopic (exact) mass is 342 g/mol. The van der Waals surface area contributed by atoms with Gasteiger partial charge < -0.3 is 20.1 Å². The maximum absolute atomic E-state index is 12.6. The van der Waals surface area contributed by atoms with Gasteiger partial charge in [-0.3, -0.25) is 9.59 Å². The van der Waals surface area contributed by atoms with Crippen LogP contribution in [0.1, 0.15) is 30.1 Å². The maximum Gasteiger partial charge on any atom is 0.255 e. The van der Waals surface area contributed by atoms with E-state index in [9.17, 15) is 9.59 Å². The standard InChI is InChI=1S/C19H22N2O4/c1-4-7-18(22)20-16-8-5-6-9-17(16)21-19(23)13-10-14(24-2)12-15(11-13)25-3/h5-6,8-12H,4,7H2,1-3H3,(H,20,22)(H,21,23). The summed E-state index contributed by atoms with van der Waals surface area (Å²) in [5, 5.41) is 5.62. The summed E-state index contributed by atoms with van der Waals surface area (Å²) in [6.45, 7) is 1.93. The Morgan fingerprint density at radius 3 is 2.00 bits per heavy atom. The second-order valence-corrected chi connectivity index (χ2v) is 5.40. The Balaban J connectivity index is 2.22. The SMILES string of the molecule is CCCC(=O)Nc1ccccc1NC(=O)c1cc(OC)cc(OC)c1. The van der Waals surface area contributed by atoms with E-state index in [-0.39, 0.29) is 11.8 Å². The van der Waals surface area contributed by atoms with Crippen molar-refractivity contribution in [2.75, 3.05) is 24.9 Å². The molecule has 2 N–H and O–H groups in total. The van der Waals surface area contributed by atoms with Crippen LogP contribution in [0.15, 0.2) is 42.5 Å². The minimum absolute atomic E-state index is 0.0905. The number of nitrogens with one attached hydrogen (secondary N) is 2. The van der Waals surface area contributed by atoms with Crippen LogP contribution < -0.4 is 20.1 Å². The van der Waals surface area contributed by atoms with E-state index in [0.29, 0.717) is 34.9 Å². The molecule has 6 heteroatoms. The number of carbonyl (C=O) groups excluding carboxylic acids is 2. The highest BCUT2D eigenvalue weighted by Gasteiger charge is 2.13. The van der Waals surface area contributed by atoms with Crippen molar-refractivity contribution in [1.29, 1.82) is 0 Å². The van der Waals surface area contributed by atoms with E-state index < -0.39 is 0 Å². The lowest BCUT2D eigenvalue weighted by atomic mass is 10.1. The summed E-state index contributed by atoms with van der Waals surface area (Å²) in [7, 11) is 3.05. The Morgan fingerprint density at radius 1 is 0.920 bits per heavy atom. The lowest BCUT2D eigenvalue weighted by molar-refractivity contribution is -0.116. The van der Waals surface area contributed by atoms with E-state index in [0.717, 1.165) is 6.42 Å². The zero-order chi connectivity index (χ0) is 18.2. The fourth-order valence-corrected chi connectivity index (χ4v) is 2.27. The lowest BCUT2D eigenvalue weighted by Gasteiger charge is -2.13. The fraction of sp³-hybridized carbons (Fsp3) is 0.263. The van der Waals surface area contributed by atoms with Gasteiger partial charge in [0.25, 0.3) is 5.91 Å². The third kappa shape index (κ3) is 4.97. The van der Waals surface area contributed by atoms with Crippen LogP contribution in [0.2, 0.25) is 0 Å². The first-order valence-corrected chi connectivity index (χ1v) is 8.00. The molecule has 0 bridgehead atoms. The number of ether oxygens (including phenoxy) is 2. The highest BCUT2D eigenvalue weighted by atomic mass is 16.5. The Bertz CT molecular complexity index is 737. The fourth-order valence-electron chi connectivity index (χ4n) is 2.27. The predicted octanol–water partition coefficient (Wildman–Crippen LogP) is 3.69. The molecule has 0 fully saturated rings. The summed E-state index contributed by atoms with van der Waals surface area (Å²) in [6, 6.07) is 12.0.